The molecule has 28 heavy (non-hydrogen) atoms. The van der Waals surface area contributed by atoms with E-state index in [1.807, 2.05) is 32.0 Å². The second-order valence-electron chi connectivity index (χ2n) is 6.61. The molecule has 0 saturated carbocycles. The number of benzene rings is 2. The smallest absolute Gasteiger partial charge is 0.305 e. The number of methoxy groups -OCH3 is 2. The predicted octanol–water partition coefficient (Wildman–Crippen LogP) is 3.75. The summed E-state index contributed by atoms with van der Waals surface area (Å²) in [5.74, 6) is -0.0847. The summed E-state index contributed by atoms with van der Waals surface area (Å²) in [6.45, 7) is 3.71. The number of esters is 1. The monoisotopic (exact) mass is 406 g/mol. The Morgan fingerprint density at radius 3 is 2.25 bits per heavy atom. The van der Waals surface area contributed by atoms with Gasteiger partial charge in [0.1, 0.15) is 5.75 Å². The maximum Gasteiger partial charge on any atom is 0.305 e. The minimum Gasteiger partial charge on any atom is -0.496 e. The van der Waals surface area contributed by atoms with Crippen molar-refractivity contribution < 1.29 is 26.9 Å². The van der Waals surface area contributed by atoms with Crippen molar-refractivity contribution in [1.82, 2.24) is 0 Å². The average Bonchev–Trinajstić information content (AvgIpc) is 2.68. The van der Waals surface area contributed by atoms with Gasteiger partial charge in [-0.25, -0.2) is 0 Å². The minimum atomic E-state index is -3.91. The molecular formula is C21H26O6S. The molecule has 0 fully saturated rings. The quantitative estimate of drug-likeness (QED) is 0.466. The molecule has 0 unspecified atom stereocenters. The first-order valence-electron chi connectivity index (χ1n) is 8.94. The van der Waals surface area contributed by atoms with Gasteiger partial charge in [0.2, 0.25) is 0 Å². The van der Waals surface area contributed by atoms with Gasteiger partial charge in [-0.3, -0.25) is 8.98 Å². The van der Waals surface area contributed by atoms with E-state index in [-0.39, 0.29) is 29.8 Å². The zero-order valence-electron chi connectivity index (χ0n) is 16.6. The van der Waals surface area contributed by atoms with Crippen LogP contribution in [0.2, 0.25) is 0 Å². The lowest BCUT2D eigenvalue weighted by molar-refractivity contribution is -0.140. The Kier molecular flexibility index (Phi) is 7.60. The number of carbonyl (C=O) groups excluding carboxylic acids is 1. The standard InChI is InChI=1S/C21H26O6S/c1-15-5-9-18(10-6-15)28(23,24)27-14-17(8-12-21(22)26-4)19-11-7-16(2)13-20(19)25-3/h5-7,9-11,13,17H,8,12,14H2,1-4H3/t17-/m1/s1. The van der Waals surface area contributed by atoms with Crippen molar-refractivity contribution in [2.75, 3.05) is 20.8 Å². The molecule has 0 bridgehead atoms. The van der Waals surface area contributed by atoms with Crippen LogP contribution in [0.5, 0.6) is 5.75 Å². The fourth-order valence-corrected chi connectivity index (χ4v) is 3.77. The van der Waals surface area contributed by atoms with E-state index in [4.69, 9.17) is 13.7 Å². The van der Waals surface area contributed by atoms with Crippen molar-refractivity contribution in [3.05, 3.63) is 59.2 Å². The molecule has 2 rings (SSSR count). The van der Waals surface area contributed by atoms with Crippen LogP contribution in [0.4, 0.5) is 0 Å². The molecule has 152 valence electrons. The molecule has 2 aromatic rings. The third-order valence-electron chi connectivity index (χ3n) is 4.49. The summed E-state index contributed by atoms with van der Waals surface area (Å²) in [7, 11) is -1.03. The molecule has 0 N–H and O–H groups in total. The molecule has 7 heteroatoms. The van der Waals surface area contributed by atoms with Crippen LogP contribution in [0.1, 0.15) is 35.4 Å². The number of hydrogen-bond donors (Lipinski definition) is 0. The van der Waals surface area contributed by atoms with Crippen molar-refractivity contribution in [3.63, 3.8) is 0 Å². The van der Waals surface area contributed by atoms with Gasteiger partial charge in [-0.15, -0.1) is 0 Å². The topological polar surface area (TPSA) is 78.9 Å². The van der Waals surface area contributed by atoms with Crippen molar-refractivity contribution in [2.45, 2.75) is 37.5 Å². The largest absolute Gasteiger partial charge is 0.496 e. The van der Waals surface area contributed by atoms with Gasteiger partial charge in [-0.1, -0.05) is 29.8 Å². The van der Waals surface area contributed by atoms with E-state index < -0.39 is 10.1 Å². The van der Waals surface area contributed by atoms with Crippen LogP contribution in [0.3, 0.4) is 0 Å². The Morgan fingerprint density at radius 2 is 1.64 bits per heavy atom. The van der Waals surface area contributed by atoms with Gasteiger partial charge in [-0.2, -0.15) is 8.42 Å². The van der Waals surface area contributed by atoms with Crippen LogP contribution in [-0.2, 0) is 23.8 Å². The SMILES string of the molecule is COC(=O)CC[C@H](COS(=O)(=O)c1ccc(C)cc1)c1ccc(C)cc1OC. The highest BCUT2D eigenvalue weighted by Crippen LogP contribution is 2.32. The summed E-state index contributed by atoms with van der Waals surface area (Å²) < 4.78 is 40.6. The van der Waals surface area contributed by atoms with E-state index in [2.05, 4.69) is 0 Å². The molecule has 0 spiro atoms. The second-order valence-corrected chi connectivity index (χ2v) is 8.22. The van der Waals surface area contributed by atoms with Gasteiger partial charge in [0.25, 0.3) is 10.1 Å². The van der Waals surface area contributed by atoms with Crippen molar-refractivity contribution in [3.8, 4) is 5.75 Å². The minimum absolute atomic E-state index is 0.0979. The Morgan fingerprint density at radius 1 is 1.00 bits per heavy atom. The van der Waals surface area contributed by atoms with Gasteiger partial charge in [-0.05, 0) is 49.6 Å². The lowest BCUT2D eigenvalue weighted by Crippen LogP contribution is -2.16. The van der Waals surface area contributed by atoms with Gasteiger partial charge in [0.05, 0.1) is 25.7 Å². The van der Waals surface area contributed by atoms with Crippen molar-refractivity contribution in [2.24, 2.45) is 0 Å². The number of carbonyl (C=O) groups is 1. The van der Waals surface area contributed by atoms with Crippen LogP contribution in [0, 0.1) is 13.8 Å². The van der Waals surface area contributed by atoms with Gasteiger partial charge in [0, 0.05) is 12.3 Å². The third kappa shape index (κ3) is 5.81. The number of ether oxygens (including phenoxy) is 2. The summed E-state index contributed by atoms with van der Waals surface area (Å²) >= 11 is 0. The number of aryl methyl sites for hydroxylation is 2. The van der Waals surface area contributed by atoms with E-state index in [0.29, 0.717) is 12.2 Å². The summed E-state index contributed by atoms with van der Waals surface area (Å²) in [4.78, 5) is 11.7. The lowest BCUT2D eigenvalue weighted by Gasteiger charge is -2.20. The lowest BCUT2D eigenvalue weighted by atomic mass is 9.93. The van der Waals surface area contributed by atoms with Crippen molar-refractivity contribution in [1.29, 1.82) is 0 Å². The van der Waals surface area contributed by atoms with E-state index in [0.717, 1.165) is 16.7 Å². The number of hydrogen-bond acceptors (Lipinski definition) is 6. The molecule has 6 nitrogen and oxygen atoms in total. The second kappa shape index (κ2) is 9.71. The molecule has 0 aliphatic carbocycles. The fraction of sp³-hybridized carbons (Fsp3) is 0.381. The molecule has 0 radical (unpaired) electrons. The zero-order valence-corrected chi connectivity index (χ0v) is 17.4. The highest BCUT2D eigenvalue weighted by Gasteiger charge is 2.23. The first-order valence-corrected chi connectivity index (χ1v) is 10.3. The summed E-state index contributed by atoms with van der Waals surface area (Å²) in [6.07, 6.45) is 0.516. The highest BCUT2D eigenvalue weighted by molar-refractivity contribution is 7.86. The first-order chi connectivity index (χ1) is 13.3. The van der Waals surface area contributed by atoms with Gasteiger partial charge < -0.3 is 9.47 Å². The van der Waals surface area contributed by atoms with Crippen LogP contribution in [-0.4, -0.2) is 35.2 Å². The number of rotatable bonds is 9. The van der Waals surface area contributed by atoms with Crippen LogP contribution < -0.4 is 4.74 Å². The Bertz CT molecular complexity index is 903. The average molecular weight is 407 g/mol. The van der Waals surface area contributed by atoms with Gasteiger partial charge >= 0.3 is 5.97 Å². The normalized spacial score (nSPS) is 12.4. The maximum absolute atomic E-state index is 12.5. The highest BCUT2D eigenvalue weighted by atomic mass is 32.2. The molecule has 0 amide bonds. The van der Waals surface area contributed by atoms with E-state index >= 15 is 0 Å². The molecule has 0 aliphatic rings. The maximum atomic E-state index is 12.5. The van der Waals surface area contributed by atoms with Crippen molar-refractivity contribution >= 4 is 16.1 Å². The van der Waals surface area contributed by atoms with Crippen LogP contribution >= 0.6 is 0 Å². The third-order valence-corrected chi connectivity index (χ3v) is 5.78. The predicted molar refractivity (Wildman–Crippen MR) is 106 cm³/mol. The van der Waals surface area contributed by atoms with Crippen LogP contribution in [0.15, 0.2) is 47.4 Å². The Labute approximate surface area is 166 Å². The van der Waals surface area contributed by atoms with E-state index in [9.17, 15) is 13.2 Å². The summed E-state index contributed by atoms with van der Waals surface area (Å²) in [5.41, 5.74) is 2.76. The van der Waals surface area contributed by atoms with E-state index in [1.165, 1.54) is 19.2 Å². The zero-order chi connectivity index (χ0) is 20.7. The van der Waals surface area contributed by atoms with Crippen LogP contribution in [0.25, 0.3) is 0 Å². The van der Waals surface area contributed by atoms with Gasteiger partial charge in [0.15, 0.2) is 0 Å². The molecule has 0 aromatic heterocycles. The molecule has 0 aliphatic heterocycles. The molecule has 1 atom stereocenters. The Hall–Kier alpha value is -2.38. The Balaban J connectivity index is 2.24. The summed E-state index contributed by atoms with van der Waals surface area (Å²) in [5, 5.41) is 0. The molecule has 0 saturated heterocycles. The fourth-order valence-electron chi connectivity index (χ4n) is 2.82. The van der Waals surface area contributed by atoms with E-state index in [1.54, 1.807) is 19.2 Å². The molecule has 0 heterocycles. The summed E-state index contributed by atoms with van der Waals surface area (Å²) in [6, 6.07) is 12.1. The molecule has 2 aromatic carbocycles. The first kappa shape index (κ1) is 21.9. The molecular weight excluding hydrogens is 380 g/mol.